The van der Waals surface area contributed by atoms with Crippen molar-refractivity contribution in [2.24, 2.45) is 0 Å². The molecule has 0 radical (unpaired) electrons. The predicted octanol–water partition coefficient (Wildman–Crippen LogP) is 0.126. The summed E-state index contributed by atoms with van der Waals surface area (Å²) in [7, 11) is 0. The molecule has 0 saturated heterocycles. The first kappa shape index (κ1) is 18.8. The normalized spacial score (nSPS) is 21.1. The number of diazo groups is 1. The van der Waals surface area contributed by atoms with Crippen molar-refractivity contribution in [3.05, 3.63) is 28.6 Å². The SMILES string of the molecule is CCOC1=CC(N(CC)CC)=CCC1([N+]#N)OCC.[Cl-]. The highest BCUT2D eigenvalue weighted by atomic mass is 35.5. The van der Waals surface area contributed by atoms with E-state index in [1.165, 1.54) is 0 Å². The molecule has 0 aromatic carbocycles. The third kappa shape index (κ3) is 3.87. The van der Waals surface area contributed by atoms with E-state index in [4.69, 9.17) is 9.47 Å². The van der Waals surface area contributed by atoms with Crippen molar-refractivity contribution in [2.45, 2.75) is 39.8 Å². The maximum Gasteiger partial charge on any atom is 0.488 e. The number of rotatable bonds is 7. The summed E-state index contributed by atoms with van der Waals surface area (Å²) < 4.78 is 11.2. The second-order valence-electron chi connectivity index (χ2n) is 4.26. The van der Waals surface area contributed by atoms with Crippen LogP contribution >= 0.6 is 0 Å². The molecule has 0 N–H and O–H groups in total. The van der Waals surface area contributed by atoms with Crippen molar-refractivity contribution in [1.82, 2.24) is 4.90 Å². The highest BCUT2D eigenvalue weighted by Crippen LogP contribution is 2.35. The molecule has 1 unspecified atom stereocenters. The van der Waals surface area contributed by atoms with E-state index < -0.39 is 5.72 Å². The number of halogens is 1. The van der Waals surface area contributed by atoms with Crippen LogP contribution in [0.15, 0.2) is 23.6 Å². The zero-order valence-electron chi connectivity index (χ0n) is 12.7. The molecule has 0 amide bonds. The minimum Gasteiger partial charge on any atom is -1.00 e. The Balaban J connectivity index is 0.00000361. The van der Waals surface area contributed by atoms with Gasteiger partial charge in [0.2, 0.25) is 11.2 Å². The van der Waals surface area contributed by atoms with Gasteiger partial charge < -0.3 is 22.0 Å². The molecule has 0 saturated carbocycles. The zero-order valence-corrected chi connectivity index (χ0v) is 13.5. The first-order valence-electron chi connectivity index (χ1n) is 6.97. The molecule has 0 aromatic heterocycles. The summed E-state index contributed by atoms with van der Waals surface area (Å²) in [5, 5.41) is 9.35. The van der Waals surface area contributed by atoms with E-state index in [1.807, 2.05) is 26.0 Å². The van der Waals surface area contributed by atoms with E-state index >= 15 is 0 Å². The minimum atomic E-state index is -1.08. The maximum absolute atomic E-state index is 9.35. The van der Waals surface area contributed by atoms with Gasteiger partial charge in [0.15, 0.2) is 4.98 Å². The van der Waals surface area contributed by atoms with Gasteiger partial charge in [0, 0.05) is 24.9 Å². The van der Waals surface area contributed by atoms with Gasteiger partial charge in [-0.25, -0.2) is 0 Å². The Labute approximate surface area is 127 Å². The molecule has 0 heterocycles. The third-order valence-corrected chi connectivity index (χ3v) is 3.22. The smallest absolute Gasteiger partial charge is 0.488 e. The molecular formula is C14H24ClN3O2. The Bertz CT molecular complexity index is 400. The van der Waals surface area contributed by atoms with E-state index in [1.54, 1.807) is 0 Å². The zero-order chi connectivity index (χ0) is 14.3. The largest absolute Gasteiger partial charge is 1.00 e. The molecule has 1 aliphatic carbocycles. The molecule has 5 nitrogen and oxygen atoms in total. The van der Waals surface area contributed by atoms with Crippen molar-refractivity contribution in [3.63, 3.8) is 0 Å². The molecule has 114 valence electrons. The van der Waals surface area contributed by atoms with Gasteiger partial charge in [-0.2, -0.15) is 0 Å². The molecule has 1 aliphatic rings. The lowest BCUT2D eigenvalue weighted by atomic mass is 10.00. The van der Waals surface area contributed by atoms with Gasteiger partial charge in [-0.3, -0.25) is 4.74 Å². The Kier molecular flexibility index (Phi) is 8.28. The number of ether oxygens (including phenoxy) is 2. The fourth-order valence-electron chi connectivity index (χ4n) is 2.26. The van der Waals surface area contributed by atoms with Gasteiger partial charge in [-0.1, -0.05) is 0 Å². The summed E-state index contributed by atoms with van der Waals surface area (Å²) in [6, 6.07) is 0. The molecule has 0 spiro atoms. The van der Waals surface area contributed by atoms with Gasteiger partial charge >= 0.3 is 5.72 Å². The highest BCUT2D eigenvalue weighted by molar-refractivity contribution is 5.33. The van der Waals surface area contributed by atoms with Crippen molar-refractivity contribution >= 4 is 0 Å². The molecule has 6 heteroatoms. The summed E-state index contributed by atoms with van der Waals surface area (Å²) in [5.41, 5.74) is 0.00828. The van der Waals surface area contributed by atoms with Gasteiger partial charge in [-0.05, 0) is 33.8 Å². The number of hydrogen-bond acceptors (Lipinski definition) is 4. The molecular weight excluding hydrogens is 278 g/mol. The van der Waals surface area contributed by atoms with E-state index in [0.29, 0.717) is 25.4 Å². The van der Waals surface area contributed by atoms with Crippen molar-refractivity contribution in [1.29, 1.82) is 5.39 Å². The van der Waals surface area contributed by atoms with Gasteiger partial charge in [0.25, 0.3) is 0 Å². The number of hydrogen-bond donors (Lipinski definition) is 0. The topological polar surface area (TPSA) is 49.9 Å². The maximum atomic E-state index is 9.35. The molecule has 0 fully saturated rings. The molecule has 0 aliphatic heterocycles. The van der Waals surface area contributed by atoms with E-state index in [9.17, 15) is 5.39 Å². The van der Waals surface area contributed by atoms with Crippen LogP contribution in [-0.4, -0.2) is 36.9 Å². The van der Waals surface area contributed by atoms with Gasteiger partial charge in [0.05, 0.1) is 19.6 Å². The quantitative estimate of drug-likeness (QED) is 0.627. The Hall–Kier alpha value is -1.25. The Morgan fingerprint density at radius 2 is 1.90 bits per heavy atom. The van der Waals surface area contributed by atoms with Crippen molar-refractivity contribution in [2.75, 3.05) is 26.3 Å². The first-order valence-corrected chi connectivity index (χ1v) is 6.97. The summed E-state index contributed by atoms with van der Waals surface area (Å²) >= 11 is 0. The monoisotopic (exact) mass is 301 g/mol. The summed E-state index contributed by atoms with van der Waals surface area (Å²) in [5.74, 6) is 0.573. The average Bonchev–Trinajstić information content (AvgIpc) is 2.43. The lowest BCUT2D eigenvalue weighted by Gasteiger charge is -2.27. The average molecular weight is 302 g/mol. The standard InChI is InChI=1S/C14H24N3O2.ClH/c1-5-17(6-2)12-9-10-14(16-15,19-8-4)13(11-12)18-7-3;/h9,11H,5-8,10H2,1-4H3;1H/q+1;/p-1. The second kappa shape index (κ2) is 8.83. The van der Waals surface area contributed by atoms with E-state index in [-0.39, 0.29) is 12.4 Å². The summed E-state index contributed by atoms with van der Waals surface area (Å²) in [6.07, 6.45) is 4.43. The molecule has 1 atom stereocenters. The minimum absolute atomic E-state index is 0. The molecule has 0 bridgehead atoms. The van der Waals surface area contributed by atoms with Crippen molar-refractivity contribution in [3.8, 4) is 0 Å². The fourth-order valence-corrected chi connectivity index (χ4v) is 2.26. The molecule has 1 rings (SSSR count). The van der Waals surface area contributed by atoms with Crippen LogP contribution in [0.3, 0.4) is 0 Å². The van der Waals surface area contributed by atoms with Crippen LogP contribution < -0.4 is 12.4 Å². The van der Waals surface area contributed by atoms with Crippen LogP contribution in [0.1, 0.15) is 34.1 Å². The van der Waals surface area contributed by atoms with Crippen LogP contribution in [-0.2, 0) is 9.47 Å². The Morgan fingerprint density at radius 3 is 2.35 bits per heavy atom. The predicted molar refractivity (Wildman–Crippen MR) is 74.8 cm³/mol. The van der Waals surface area contributed by atoms with Crippen LogP contribution in [0, 0.1) is 5.39 Å². The Morgan fingerprint density at radius 1 is 1.25 bits per heavy atom. The third-order valence-electron chi connectivity index (χ3n) is 3.22. The summed E-state index contributed by atoms with van der Waals surface area (Å²) in [4.78, 5) is 5.66. The number of likely N-dealkylation sites (N-methyl/N-ethyl adjacent to an activating group) is 1. The van der Waals surface area contributed by atoms with E-state index in [2.05, 4.69) is 23.7 Å². The number of allylic oxidation sites excluding steroid dienone is 1. The lowest BCUT2D eigenvalue weighted by Crippen LogP contribution is -3.00. The molecule has 20 heavy (non-hydrogen) atoms. The van der Waals surface area contributed by atoms with E-state index in [0.717, 1.165) is 18.8 Å². The fraction of sp³-hybridized carbons (Fsp3) is 0.714. The van der Waals surface area contributed by atoms with Crippen LogP contribution in [0.25, 0.3) is 4.98 Å². The molecule has 0 aromatic rings. The number of nitrogens with zero attached hydrogens (tertiary/aromatic N) is 3. The van der Waals surface area contributed by atoms with Crippen LogP contribution in [0.5, 0.6) is 0 Å². The van der Waals surface area contributed by atoms with Crippen molar-refractivity contribution < 1.29 is 21.9 Å². The highest BCUT2D eigenvalue weighted by Gasteiger charge is 2.53. The van der Waals surface area contributed by atoms with Gasteiger partial charge in [-0.15, -0.1) is 0 Å². The van der Waals surface area contributed by atoms with Crippen LogP contribution in [0.2, 0.25) is 0 Å². The van der Waals surface area contributed by atoms with Crippen LogP contribution in [0.4, 0.5) is 0 Å². The van der Waals surface area contributed by atoms with Gasteiger partial charge in [0.1, 0.15) is 0 Å². The first-order chi connectivity index (χ1) is 9.17. The lowest BCUT2D eigenvalue weighted by molar-refractivity contribution is -0.0204. The second-order valence-corrected chi connectivity index (χ2v) is 4.26. The summed E-state index contributed by atoms with van der Waals surface area (Å²) in [6.45, 7) is 10.8.